The summed E-state index contributed by atoms with van der Waals surface area (Å²) in [4.78, 5) is 1.97. The third-order valence-corrected chi connectivity index (χ3v) is 7.65. The number of aryl methyl sites for hydroxylation is 1. The highest BCUT2D eigenvalue weighted by molar-refractivity contribution is 7.89. The quantitative estimate of drug-likeness (QED) is 0.693. The minimum Gasteiger partial charge on any atom is -0.296 e. The maximum atomic E-state index is 13.0. The maximum absolute atomic E-state index is 13.0. The number of benzene rings is 1. The third-order valence-electron chi connectivity index (χ3n) is 4.76. The van der Waals surface area contributed by atoms with E-state index in [9.17, 15) is 17.2 Å². The second-order valence-electron chi connectivity index (χ2n) is 6.65. The van der Waals surface area contributed by atoms with E-state index >= 15 is 0 Å². The van der Waals surface area contributed by atoms with Crippen LogP contribution < -0.4 is 0 Å². The molecule has 0 unspecified atom stereocenters. The average molecular weight is 453 g/mol. The predicted molar refractivity (Wildman–Crippen MR) is 103 cm³/mol. The van der Waals surface area contributed by atoms with Crippen molar-refractivity contribution < 1.29 is 17.2 Å². The molecule has 0 aliphatic carbocycles. The van der Waals surface area contributed by atoms with Gasteiger partial charge in [0.05, 0.1) is 21.4 Å². The minimum absolute atomic E-state index is 0.0502. The Labute approximate surface area is 172 Å². The van der Waals surface area contributed by atoms with Crippen LogP contribution in [0.3, 0.4) is 0 Å². The normalized spacial score (nSPS) is 16.8. The number of piperazine rings is 1. The highest BCUT2D eigenvalue weighted by Gasteiger charge is 2.34. The van der Waals surface area contributed by atoms with E-state index in [4.69, 9.17) is 23.2 Å². The number of sulfonamides is 1. The summed E-state index contributed by atoms with van der Waals surface area (Å²) in [6.07, 6.45) is 0. The fourth-order valence-electron chi connectivity index (χ4n) is 3.36. The van der Waals surface area contributed by atoms with Crippen molar-refractivity contribution >= 4 is 33.2 Å². The van der Waals surface area contributed by atoms with Gasteiger partial charge < -0.3 is 0 Å². The summed E-state index contributed by atoms with van der Waals surface area (Å²) in [5, 5.41) is 4.64. The Morgan fingerprint density at radius 1 is 1.11 bits per heavy atom. The van der Waals surface area contributed by atoms with Crippen molar-refractivity contribution in [2.24, 2.45) is 0 Å². The fourth-order valence-corrected chi connectivity index (χ4v) is 5.47. The van der Waals surface area contributed by atoms with Gasteiger partial charge in [0.15, 0.2) is 0 Å². The van der Waals surface area contributed by atoms with Crippen LogP contribution in [0.5, 0.6) is 0 Å². The Balaban J connectivity index is 1.71. The zero-order chi connectivity index (χ0) is 20.6. The van der Waals surface area contributed by atoms with Gasteiger partial charge in [-0.3, -0.25) is 4.90 Å². The summed E-state index contributed by atoms with van der Waals surface area (Å²) in [7, 11) is -3.89. The molecule has 1 aliphatic heterocycles. The smallest absolute Gasteiger partial charge is 0.296 e. The Morgan fingerprint density at radius 2 is 1.75 bits per heavy atom. The Hall–Kier alpha value is -1.26. The van der Waals surface area contributed by atoms with Gasteiger partial charge in [-0.05, 0) is 31.5 Å². The van der Waals surface area contributed by atoms with Crippen LogP contribution >= 0.6 is 23.2 Å². The molecule has 11 heteroatoms. The van der Waals surface area contributed by atoms with Gasteiger partial charge in [0.1, 0.15) is 4.90 Å². The summed E-state index contributed by atoms with van der Waals surface area (Å²) in [6, 6.07) is 5.40. The van der Waals surface area contributed by atoms with Gasteiger partial charge >= 0.3 is 6.55 Å². The predicted octanol–water partition coefficient (Wildman–Crippen LogP) is 3.71. The number of nitrogens with zero attached hydrogens (tertiary/aromatic N) is 4. The molecule has 1 aromatic carbocycles. The van der Waals surface area contributed by atoms with E-state index in [2.05, 4.69) is 10.00 Å². The number of aromatic nitrogens is 2. The summed E-state index contributed by atoms with van der Waals surface area (Å²) in [6.45, 7) is 2.07. The first-order chi connectivity index (χ1) is 13.1. The highest BCUT2D eigenvalue weighted by Crippen LogP contribution is 2.28. The van der Waals surface area contributed by atoms with Crippen molar-refractivity contribution in [2.75, 3.05) is 26.2 Å². The molecule has 0 radical (unpaired) electrons. The van der Waals surface area contributed by atoms with E-state index in [0.717, 1.165) is 5.56 Å². The maximum Gasteiger partial charge on any atom is 0.333 e. The summed E-state index contributed by atoms with van der Waals surface area (Å²) < 4.78 is 53.8. The lowest BCUT2D eigenvalue weighted by Gasteiger charge is -2.34. The van der Waals surface area contributed by atoms with Crippen LogP contribution in [0, 0.1) is 13.8 Å². The van der Waals surface area contributed by atoms with Crippen LogP contribution in [0.2, 0.25) is 10.0 Å². The summed E-state index contributed by atoms with van der Waals surface area (Å²) >= 11 is 12.0. The van der Waals surface area contributed by atoms with Gasteiger partial charge in [-0.2, -0.15) is 18.2 Å². The zero-order valence-electron chi connectivity index (χ0n) is 15.4. The van der Waals surface area contributed by atoms with Crippen LogP contribution in [0.15, 0.2) is 23.1 Å². The van der Waals surface area contributed by atoms with E-state index in [-0.39, 0.29) is 29.4 Å². The largest absolute Gasteiger partial charge is 0.333 e. The molecule has 154 valence electrons. The first kappa shape index (κ1) is 21.4. The molecule has 1 fully saturated rings. The SMILES string of the molecule is Cc1nn(C(F)F)c(C)c1S(=O)(=O)N1CCN(Cc2ccc(Cl)c(Cl)c2)CC1. The van der Waals surface area contributed by atoms with Crippen molar-refractivity contribution in [2.45, 2.75) is 31.8 Å². The van der Waals surface area contributed by atoms with Crippen molar-refractivity contribution in [3.63, 3.8) is 0 Å². The minimum atomic E-state index is -3.89. The van der Waals surface area contributed by atoms with Crippen molar-refractivity contribution in [3.05, 3.63) is 45.2 Å². The molecule has 0 bridgehead atoms. The van der Waals surface area contributed by atoms with Crippen LogP contribution in [0.4, 0.5) is 8.78 Å². The van der Waals surface area contributed by atoms with Crippen LogP contribution in [-0.4, -0.2) is 53.6 Å². The molecule has 6 nitrogen and oxygen atoms in total. The average Bonchev–Trinajstić information content (AvgIpc) is 2.94. The fraction of sp³-hybridized carbons (Fsp3) is 0.471. The molecule has 1 aliphatic rings. The zero-order valence-corrected chi connectivity index (χ0v) is 17.7. The van der Waals surface area contributed by atoms with Crippen molar-refractivity contribution in [3.8, 4) is 0 Å². The molecular weight excluding hydrogens is 433 g/mol. The highest BCUT2D eigenvalue weighted by atomic mass is 35.5. The molecule has 1 aromatic heterocycles. The lowest BCUT2D eigenvalue weighted by atomic mass is 10.2. The van der Waals surface area contributed by atoms with Crippen LogP contribution in [0.1, 0.15) is 23.5 Å². The Kier molecular flexibility index (Phi) is 6.31. The number of hydrogen-bond acceptors (Lipinski definition) is 4. The first-order valence-electron chi connectivity index (χ1n) is 8.61. The lowest BCUT2D eigenvalue weighted by molar-refractivity contribution is 0.0538. The van der Waals surface area contributed by atoms with Gasteiger partial charge in [0, 0.05) is 32.7 Å². The number of halogens is 4. The van der Waals surface area contributed by atoms with Gasteiger partial charge in [-0.1, -0.05) is 29.3 Å². The van der Waals surface area contributed by atoms with Gasteiger partial charge in [-0.25, -0.2) is 13.1 Å². The Morgan fingerprint density at radius 3 is 2.29 bits per heavy atom. The van der Waals surface area contributed by atoms with Gasteiger partial charge in [-0.15, -0.1) is 0 Å². The van der Waals surface area contributed by atoms with Crippen LogP contribution in [0.25, 0.3) is 0 Å². The molecule has 0 saturated carbocycles. The van der Waals surface area contributed by atoms with Gasteiger partial charge in [0.25, 0.3) is 0 Å². The molecule has 0 spiro atoms. The topological polar surface area (TPSA) is 58.4 Å². The summed E-state index contributed by atoms with van der Waals surface area (Å²) in [5.41, 5.74) is 1.01. The van der Waals surface area contributed by atoms with E-state index in [1.165, 1.54) is 18.2 Å². The number of hydrogen-bond donors (Lipinski definition) is 0. The third kappa shape index (κ3) is 4.18. The summed E-state index contributed by atoms with van der Waals surface area (Å²) in [5.74, 6) is 0. The van der Waals surface area contributed by atoms with E-state index in [1.807, 2.05) is 6.07 Å². The lowest BCUT2D eigenvalue weighted by Crippen LogP contribution is -2.48. The van der Waals surface area contributed by atoms with Crippen molar-refractivity contribution in [1.29, 1.82) is 0 Å². The van der Waals surface area contributed by atoms with Crippen LogP contribution in [-0.2, 0) is 16.6 Å². The monoisotopic (exact) mass is 452 g/mol. The molecule has 28 heavy (non-hydrogen) atoms. The molecular formula is C17H20Cl2F2N4O2S. The molecule has 2 heterocycles. The number of alkyl halides is 2. The second-order valence-corrected chi connectivity index (χ2v) is 9.34. The standard InChI is InChI=1S/C17H20Cl2F2N4O2S/c1-11-16(12(2)25(22-11)17(20)21)28(26,27)24-7-5-23(6-8-24)10-13-3-4-14(18)15(19)9-13/h3-4,9,17H,5-8,10H2,1-2H3. The van der Waals surface area contributed by atoms with Crippen molar-refractivity contribution in [1.82, 2.24) is 19.0 Å². The molecule has 1 saturated heterocycles. The van der Waals surface area contributed by atoms with E-state index in [1.54, 1.807) is 12.1 Å². The number of rotatable bonds is 5. The molecule has 0 atom stereocenters. The molecule has 2 aromatic rings. The second kappa shape index (κ2) is 8.23. The molecule has 0 amide bonds. The van der Waals surface area contributed by atoms with Gasteiger partial charge in [0.2, 0.25) is 10.0 Å². The first-order valence-corrected chi connectivity index (χ1v) is 10.8. The molecule has 0 N–H and O–H groups in total. The van der Waals surface area contributed by atoms with E-state index in [0.29, 0.717) is 34.4 Å². The Bertz CT molecular complexity index is 974. The van der Waals surface area contributed by atoms with E-state index < -0.39 is 16.6 Å². The molecule has 3 rings (SSSR count).